The minimum Gasteiger partial charge on any atom is -0.462 e. The summed E-state index contributed by atoms with van der Waals surface area (Å²) in [6, 6.07) is 8.22. The van der Waals surface area contributed by atoms with Crippen LogP contribution in [-0.4, -0.2) is 22.8 Å². The topological polar surface area (TPSA) is 65.2 Å². The Hall–Kier alpha value is -1.79. The van der Waals surface area contributed by atoms with E-state index in [0.717, 1.165) is 0 Å². The molecule has 0 aliphatic rings. The quantitative estimate of drug-likeness (QED) is 0.279. The van der Waals surface area contributed by atoms with Crippen LogP contribution in [0.1, 0.15) is 17.3 Å². The predicted molar refractivity (Wildman–Crippen MR) is 101 cm³/mol. The highest BCUT2D eigenvalue weighted by Gasteiger charge is 2.22. The second kappa shape index (κ2) is 7.84. The first-order valence-corrected chi connectivity index (χ1v) is 8.88. The molecule has 0 fully saturated rings. The SMILES string of the molecule is CCOC(=O)c1ccccc1-c1nnc(-c2cc(Cl)c(Cl)c(Cl)c2Cl)o1. The fourth-order valence-corrected chi connectivity index (χ4v) is 3.11. The number of esters is 1. The lowest BCUT2D eigenvalue weighted by Crippen LogP contribution is -2.06. The summed E-state index contributed by atoms with van der Waals surface area (Å²) < 4.78 is 10.7. The van der Waals surface area contributed by atoms with E-state index in [2.05, 4.69) is 10.2 Å². The first-order chi connectivity index (χ1) is 12.4. The van der Waals surface area contributed by atoms with Gasteiger partial charge in [-0.15, -0.1) is 10.2 Å². The van der Waals surface area contributed by atoms with E-state index in [1.807, 2.05) is 0 Å². The third kappa shape index (κ3) is 3.53. The molecule has 2 aromatic carbocycles. The summed E-state index contributed by atoms with van der Waals surface area (Å²) in [6.07, 6.45) is 0. The molecule has 3 aromatic rings. The van der Waals surface area contributed by atoms with Gasteiger partial charge in [0.1, 0.15) is 0 Å². The van der Waals surface area contributed by atoms with Crippen molar-refractivity contribution in [2.45, 2.75) is 6.92 Å². The second-order valence-electron chi connectivity index (χ2n) is 5.03. The minimum atomic E-state index is -0.488. The van der Waals surface area contributed by atoms with Crippen molar-refractivity contribution < 1.29 is 13.9 Å². The summed E-state index contributed by atoms with van der Waals surface area (Å²) in [6.45, 7) is 1.97. The number of carbonyl (C=O) groups is 1. The van der Waals surface area contributed by atoms with Crippen molar-refractivity contribution in [3.63, 3.8) is 0 Å². The largest absolute Gasteiger partial charge is 0.462 e. The van der Waals surface area contributed by atoms with Crippen LogP contribution >= 0.6 is 46.4 Å². The van der Waals surface area contributed by atoms with Gasteiger partial charge in [-0.1, -0.05) is 58.5 Å². The van der Waals surface area contributed by atoms with Crippen LogP contribution in [0.15, 0.2) is 34.7 Å². The third-order valence-corrected chi connectivity index (χ3v) is 5.16. The van der Waals surface area contributed by atoms with E-state index in [0.29, 0.717) is 16.7 Å². The zero-order chi connectivity index (χ0) is 18.8. The van der Waals surface area contributed by atoms with E-state index in [1.165, 1.54) is 6.07 Å². The second-order valence-corrected chi connectivity index (χ2v) is 6.57. The summed E-state index contributed by atoms with van der Waals surface area (Å²) in [7, 11) is 0. The predicted octanol–water partition coefficient (Wildman–Crippen LogP) is 6.19. The molecule has 1 heterocycles. The van der Waals surface area contributed by atoms with Crippen molar-refractivity contribution >= 4 is 52.4 Å². The van der Waals surface area contributed by atoms with E-state index in [9.17, 15) is 4.79 Å². The van der Waals surface area contributed by atoms with E-state index >= 15 is 0 Å². The lowest BCUT2D eigenvalue weighted by Gasteiger charge is -2.06. The van der Waals surface area contributed by atoms with Crippen molar-refractivity contribution in [1.29, 1.82) is 0 Å². The molecule has 3 rings (SSSR count). The molecule has 0 spiro atoms. The number of hydrogen-bond donors (Lipinski definition) is 0. The monoisotopic (exact) mass is 430 g/mol. The molecule has 26 heavy (non-hydrogen) atoms. The molecule has 0 aliphatic carbocycles. The number of halogens is 4. The van der Waals surface area contributed by atoms with Crippen molar-refractivity contribution in [3.05, 3.63) is 56.0 Å². The highest BCUT2D eigenvalue weighted by Crippen LogP contribution is 2.42. The smallest absolute Gasteiger partial charge is 0.338 e. The first kappa shape index (κ1) is 19.0. The van der Waals surface area contributed by atoms with Gasteiger partial charge < -0.3 is 9.15 Å². The summed E-state index contributed by atoms with van der Waals surface area (Å²) in [5.74, 6) is -0.274. The molecule has 0 radical (unpaired) electrons. The van der Waals surface area contributed by atoms with E-state index in [1.54, 1.807) is 31.2 Å². The van der Waals surface area contributed by atoms with Gasteiger partial charge in [0, 0.05) is 0 Å². The van der Waals surface area contributed by atoms with Crippen molar-refractivity contribution in [1.82, 2.24) is 10.2 Å². The number of aromatic nitrogens is 2. The van der Waals surface area contributed by atoms with Crippen molar-refractivity contribution in [2.75, 3.05) is 6.61 Å². The molecule has 1 aromatic heterocycles. The summed E-state index contributed by atoms with van der Waals surface area (Å²) >= 11 is 24.3. The van der Waals surface area contributed by atoms with Gasteiger partial charge in [-0.2, -0.15) is 0 Å². The van der Waals surface area contributed by atoms with Gasteiger partial charge >= 0.3 is 5.97 Å². The Morgan fingerprint density at radius 1 is 1.00 bits per heavy atom. The van der Waals surface area contributed by atoms with Crippen LogP contribution < -0.4 is 0 Å². The highest BCUT2D eigenvalue weighted by atomic mass is 35.5. The Balaban J connectivity index is 2.07. The van der Waals surface area contributed by atoms with Gasteiger partial charge in [-0.25, -0.2) is 4.79 Å². The Morgan fingerprint density at radius 2 is 1.65 bits per heavy atom. The fourth-order valence-electron chi connectivity index (χ4n) is 2.23. The van der Waals surface area contributed by atoms with Crippen LogP contribution in [0.4, 0.5) is 0 Å². The van der Waals surface area contributed by atoms with Crippen LogP contribution in [0.3, 0.4) is 0 Å². The van der Waals surface area contributed by atoms with Gasteiger partial charge in [0.2, 0.25) is 11.8 Å². The molecule has 0 unspecified atom stereocenters. The Bertz CT molecular complexity index is 988. The average Bonchev–Trinajstić information content (AvgIpc) is 3.13. The van der Waals surface area contributed by atoms with Crippen LogP contribution in [0, 0.1) is 0 Å². The van der Waals surface area contributed by atoms with Crippen molar-refractivity contribution in [3.8, 4) is 22.9 Å². The van der Waals surface area contributed by atoms with Gasteiger partial charge in [0.25, 0.3) is 0 Å². The molecule has 0 N–H and O–H groups in total. The number of hydrogen-bond acceptors (Lipinski definition) is 5. The maximum Gasteiger partial charge on any atom is 0.338 e. The van der Waals surface area contributed by atoms with Gasteiger partial charge in [0.05, 0.1) is 43.4 Å². The Morgan fingerprint density at radius 3 is 2.35 bits per heavy atom. The van der Waals surface area contributed by atoms with Crippen LogP contribution in [-0.2, 0) is 4.74 Å². The maximum absolute atomic E-state index is 12.1. The maximum atomic E-state index is 12.1. The third-order valence-electron chi connectivity index (χ3n) is 3.41. The van der Waals surface area contributed by atoms with Crippen LogP contribution in [0.5, 0.6) is 0 Å². The van der Waals surface area contributed by atoms with E-state index in [4.69, 9.17) is 55.6 Å². The van der Waals surface area contributed by atoms with Gasteiger partial charge in [0.15, 0.2) is 0 Å². The summed E-state index contributed by atoms with van der Waals surface area (Å²) in [4.78, 5) is 12.1. The Kier molecular flexibility index (Phi) is 5.73. The minimum absolute atomic E-state index is 0.0857. The molecule has 134 valence electrons. The van der Waals surface area contributed by atoms with E-state index in [-0.39, 0.29) is 38.5 Å². The lowest BCUT2D eigenvalue weighted by molar-refractivity contribution is 0.0527. The molecule has 5 nitrogen and oxygen atoms in total. The van der Waals surface area contributed by atoms with Gasteiger partial charge in [-0.3, -0.25) is 0 Å². The number of carbonyl (C=O) groups excluding carboxylic acids is 1. The molecule has 0 aliphatic heterocycles. The Labute approximate surface area is 168 Å². The highest BCUT2D eigenvalue weighted by molar-refractivity contribution is 6.52. The molecule has 0 bridgehead atoms. The number of nitrogens with zero attached hydrogens (tertiary/aromatic N) is 2. The van der Waals surface area contributed by atoms with Crippen LogP contribution in [0.25, 0.3) is 22.9 Å². The van der Waals surface area contributed by atoms with Gasteiger partial charge in [-0.05, 0) is 25.1 Å². The molecule has 9 heteroatoms. The molecular weight excluding hydrogens is 422 g/mol. The zero-order valence-electron chi connectivity index (χ0n) is 13.2. The number of ether oxygens (including phenoxy) is 1. The molecule has 0 atom stereocenters. The summed E-state index contributed by atoms with van der Waals surface area (Å²) in [5.41, 5.74) is 1.08. The number of benzene rings is 2. The summed E-state index contributed by atoms with van der Waals surface area (Å²) in [5, 5.41) is 8.51. The zero-order valence-corrected chi connectivity index (χ0v) is 16.2. The standard InChI is InChI=1S/C17H10Cl4N2O3/c1-2-25-17(24)9-6-4-3-5-8(9)15-22-23-16(26-15)10-7-11(18)13(20)14(21)12(10)19/h3-7H,2H2,1H3. The molecule has 0 amide bonds. The number of rotatable bonds is 4. The van der Waals surface area contributed by atoms with E-state index < -0.39 is 5.97 Å². The molecular formula is C17H10Cl4N2O3. The lowest BCUT2D eigenvalue weighted by atomic mass is 10.1. The fraction of sp³-hybridized carbons (Fsp3) is 0.118. The molecule has 0 saturated carbocycles. The normalized spacial score (nSPS) is 10.8. The molecule has 0 saturated heterocycles. The first-order valence-electron chi connectivity index (χ1n) is 7.37. The van der Waals surface area contributed by atoms with Crippen LogP contribution in [0.2, 0.25) is 20.1 Å². The van der Waals surface area contributed by atoms with Crippen molar-refractivity contribution in [2.24, 2.45) is 0 Å². The average molecular weight is 432 g/mol.